The summed E-state index contributed by atoms with van der Waals surface area (Å²) in [6, 6.07) is 5.68. The molecule has 4 atom stereocenters. The van der Waals surface area contributed by atoms with E-state index in [1.54, 1.807) is 12.1 Å². The highest BCUT2D eigenvalue weighted by Gasteiger charge is 2.34. The van der Waals surface area contributed by atoms with Gasteiger partial charge in [0.15, 0.2) is 0 Å². The molecule has 1 aromatic rings. The van der Waals surface area contributed by atoms with Gasteiger partial charge in [-0.1, -0.05) is 12.1 Å². The summed E-state index contributed by atoms with van der Waals surface area (Å²) in [6.07, 6.45) is 2.36. The fourth-order valence-corrected chi connectivity index (χ4v) is 3.28. The molecule has 23 heavy (non-hydrogen) atoms. The molecule has 3 rings (SSSR count). The van der Waals surface area contributed by atoms with E-state index in [0.29, 0.717) is 25.7 Å². The summed E-state index contributed by atoms with van der Waals surface area (Å²) in [4.78, 5) is 23.2. The Morgan fingerprint density at radius 1 is 1.13 bits per heavy atom. The normalized spacial score (nSPS) is 30.3. The van der Waals surface area contributed by atoms with E-state index in [9.17, 15) is 14.0 Å². The first-order valence-electron chi connectivity index (χ1n) is 7.82. The molecule has 1 amide bonds. The maximum atomic E-state index is 13.0. The van der Waals surface area contributed by atoms with Crippen LogP contribution in [0.2, 0.25) is 0 Å². The number of hydrogen-bond donors (Lipinski definition) is 4. The van der Waals surface area contributed by atoms with Crippen LogP contribution in [0.25, 0.3) is 0 Å². The van der Waals surface area contributed by atoms with Crippen molar-refractivity contribution in [3.63, 3.8) is 0 Å². The number of aliphatic carboxylic acids is 1. The molecule has 0 bridgehead atoms. The van der Waals surface area contributed by atoms with E-state index in [0.717, 1.165) is 5.56 Å². The Balaban J connectivity index is 1.52. The Kier molecular flexibility index (Phi) is 4.58. The molecule has 4 N–H and O–H groups in total. The SMILES string of the molecule is O=C(N[C@H]1CC[C@@H](C(=O)O)C1)C1CC(c2ccc(F)cc2)NN1. The first-order chi connectivity index (χ1) is 11.0. The number of halogens is 1. The van der Waals surface area contributed by atoms with Gasteiger partial charge in [-0.3, -0.25) is 9.59 Å². The van der Waals surface area contributed by atoms with Crippen LogP contribution in [0.3, 0.4) is 0 Å². The summed E-state index contributed by atoms with van der Waals surface area (Å²) in [5.41, 5.74) is 6.92. The molecule has 0 aromatic heterocycles. The number of carboxylic acids is 1. The summed E-state index contributed by atoms with van der Waals surface area (Å²) < 4.78 is 13.0. The van der Waals surface area contributed by atoms with Gasteiger partial charge in [-0.05, 0) is 43.4 Å². The van der Waals surface area contributed by atoms with Crippen molar-refractivity contribution in [2.75, 3.05) is 0 Å². The number of carboxylic acid groups (broad SMARTS) is 1. The molecule has 2 unspecified atom stereocenters. The second-order valence-corrected chi connectivity index (χ2v) is 6.23. The summed E-state index contributed by atoms with van der Waals surface area (Å²) in [5.74, 6) is -1.57. The van der Waals surface area contributed by atoms with Crippen molar-refractivity contribution in [2.24, 2.45) is 5.92 Å². The number of carbonyl (C=O) groups is 2. The summed E-state index contributed by atoms with van der Waals surface area (Å²) in [7, 11) is 0. The van der Waals surface area contributed by atoms with Crippen molar-refractivity contribution in [3.8, 4) is 0 Å². The zero-order chi connectivity index (χ0) is 16.4. The molecule has 7 heteroatoms. The molecule has 1 aromatic carbocycles. The lowest BCUT2D eigenvalue weighted by atomic mass is 10.0. The van der Waals surface area contributed by atoms with Crippen molar-refractivity contribution in [1.29, 1.82) is 0 Å². The first-order valence-corrected chi connectivity index (χ1v) is 7.82. The molecule has 6 nitrogen and oxygen atoms in total. The number of benzene rings is 1. The highest BCUT2D eigenvalue weighted by Crippen LogP contribution is 2.27. The maximum Gasteiger partial charge on any atom is 0.306 e. The molecular formula is C16H20FN3O3. The number of nitrogens with one attached hydrogen (secondary N) is 3. The van der Waals surface area contributed by atoms with E-state index in [1.807, 2.05) is 0 Å². The Morgan fingerprint density at radius 3 is 2.52 bits per heavy atom. The second-order valence-electron chi connectivity index (χ2n) is 6.23. The fraction of sp³-hybridized carbons (Fsp3) is 0.500. The average Bonchev–Trinajstić information content (AvgIpc) is 3.17. The lowest BCUT2D eigenvalue weighted by molar-refractivity contribution is -0.141. The van der Waals surface area contributed by atoms with Gasteiger partial charge in [-0.25, -0.2) is 15.2 Å². The van der Waals surface area contributed by atoms with Crippen LogP contribution in [-0.2, 0) is 9.59 Å². The van der Waals surface area contributed by atoms with E-state index < -0.39 is 5.97 Å². The predicted molar refractivity (Wildman–Crippen MR) is 80.7 cm³/mol. The van der Waals surface area contributed by atoms with Gasteiger partial charge < -0.3 is 10.4 Å². The highest BCUT2D eigenvalue weighted by atomic mass is 19.1. The lowest BCUT2D eigenvalue weighted by Gasteiger charge is -2.16. The summed E-state index contributed by atoms with van der Waals surface area (Å²) >= 11 is 0. The molecule has 1 aliphatic carbocycles. The Morgan fingerprint density at radius 2 is 1.87 bits per heavy atom. The van der Waals surface area contributed by atoms with Crippen LogP contribution in [0, 0.1) is 11.7 Å². The van der Waals surface area contributed by atoms with Crippen molar-refractivity contribution < 1.29 is 19.1 Å². The van der Waals surface area contributed by atoms with Gasteiger partial charge in [0.1, 0.15) is 11.9 Å². The molecule has 0 spiro atoms. The third-order valence-corrected chi connectivity index (χ3v) is 4.62. The number of amides is 1. The minimum Gasteiger partial charge on any atom is -0.481 e. The van der Waals surface area contributed by atoms with Crippen molar-refractivity contribution in [2.45, 2.75) is 43.8 Å². The number of hydrazine groups is 1. The molecule has 1 saturated heterocycles. The quantitative estimate of drug-likeness (QED) is 0.667. The van der Waals surface area contributed by atoms with Crippen LogP contribution < -0.4 is 16.2 Å². The number of carbonyl (C=O) groups excluding carboxylic acids is 1. The van der Waals surface area contributed by atoms with Crippen molar-refractivity contribution >= 4 is 11.9 Å². The fourth-order valence-electron chi connectivity index (χ4n) is 3.28. The van der Waals surface area contributed by atoms with Gasteiger partial charge in [0.05, 0.1) is 5.92 Å². The first kappa shape index (κ1) is 15.9. The van der Waals surface area contributed by atoms with E-state index in [4.69, 9.17) is 5.11 Å². The molecule has 2 aliphatic rings. The Bertz CT molecular complexity index is 593. The molecule has 1 aliphatic heterocycles. The van der Waals surface area contributed by atoms with Crippen LogP contribution in [0.4, 0.5) is 4.39 Å². The van der Waals surface area contributed by atoms with E-state index in [1.165, 1.54) is 12.1 Å². The van der Waals surface area contributed by atoms with Gasteiger partial charge in [0.2, 0.25) is 5.91 Å². The zero-order valence-corrected chi connectivity index (χ0v) is 12.6. The van der Waals surface area contributed by atoms with Crippen LogP contribution >= 0.6 is 0 Å². The van der Waals surface area contributed by atoms with Crippen LogP contribution in [0.5, 0.6) is 0 Å². The van der Waals surface area contributed by atoms with Gasteiger partial charge in [-0.15, -0.1) is 0 Å². The molecule has 2 fully saturated rings. The Hall–Kier alpha value is -1.99. The van der Waals surface area contributed by atoms with Gasteiger partial charge in [-0.2, -0.15) is 0 Å². The monoisotopic (exact) mass is 321 g/mol. The predicted octanol–water partition coefficient (Wildman–Crippen LogP) is 1.10. The van der Waals surface area contributed by atoms with Gasteiger partial charge in [0.25, 0.3) is 0 Å². The van der Waals surface area contributed by atoms with Crippen LogP contribution in [0.1, 0.15) is 37.3 Å². The molecule has 1 saturated carbocycles. The lowest BCUT2D eigenvalue weighted by Crippen LogP contribution is -2.46. The van der Waals surface area contributed by atoms with Gasteiger partial charge >= 0.3 is 5.97 Å². The van der Waals surface area contributed by atoms with Crippen molar-refractivity contribution in [3.05, 3.63) is 35.6 Å². The zero-order valence-electron chi connectivity index (χ0n) is 12.6. The smallest absolute Gasteiger partial charge is 0.306 e. The molecular weight excluding hydrogens is 301 g/mol. The Labute approximate surface area is 133 Å². The largest absolute Gasteiger partial charge is 0.481 e. The van der Waals surface area contributed by atoms with Gasteiger partial charge in [0, 0.05) is 12.1 Å². The molecule has 124 valence electrons. The van der Waals surface area contributed by atoms with E-state index in [-0.39, 0.29) is 35.8 Å². The van der Waals surface area contributed by atoms with Crippen molar-refractivity contribution in [1.82, 2.24) is 16.2 Å². The maximum absolute atomic E-state index is 13.0. The number of rotatable bonds is 4. The molecule has 1 heterocycles. The van der Waals surface area contributed by atoms with Crippen LogP contribution in [0.15, 0.2) is 24.3 Å². The molecule has 0 radical (unpaired) electrons. The highest BCUT2D eigenvalue weighted by molar-refractivity contribution is 5.82. The van der Waals surface area contributed by atoms with E-state index >= 15 is 0 Å². The minimum atomic E-state index is -0.793. The third kappa shape index (κ3) is 3.68. The summed E-state index contributed by atoms with van der Waals surface area (Å²) in [5, 5.41) is 11.9. The number of hydrogen-bond acceptors (Lipinski definition) is 4. The minimum absolute atomic E-state index is 0.0540. The second kappa shape index (κ2) is 6.64. The standard InChI is InChI=1S/C16H20FN3O3/c17-11-4-1-9(2-5-11)13-8-14(20-19-13)15(21)18-12-6-3-10(7-12)16(22)23/h1-2,4-5,10,12-14,19-20H,3,6-8H2,(H,18,21)(H,22,23)/t10-,12+,13?,14?/m1/s1. The average molecular weight is 321 g/mol. The topological polar surface area (TPSA) is 90.5 Å². The third-order valence-electron chi connectivity index (χ3n) is 4.62. The van der Waals surface area contributed by atoms with E-state index in [2.05, 4.69) is 16.2 Å². The van der Waals surface area contributed by atoms with Crippen LogP contribution in [-0.4, -0.2) is 29.1 Å². The summed E-state index contributed by atoms with van der Waals surface area (Å²) in [6.45, 7) is 0.